The van der Waals surface area contributed by atoms with Gasteiger partial charge < -0.3 is 15.0 Å². The van der Waals surface area contributed by atoms with E-state index in [-0.39, 0.29) is 0 Å². The van der Waals surface area contributed by atoms with E-state index in [9.17, 15) is 0 Å². The number of ether oxygens (including phenoxy) is 1. The maximum Gasteiger partial charge on any atom is 0.0642 e. The fourth-order valence-corrected chi connectivity index (χ4v) is 2.81. The van der Waals surface area contributed by atoms with Crippen molar-refractivity contribution < 1.29 is 4.74 Å². The van der Waals surface area contributed by atoms with Gasteiger partial charge in [-0.15, -0.1) is 0 Å². The maximum absolute atomic E-state index is 5.45. The first kappa shape index (κ1) is 15.1. The highest BCUT2D eigenvalue weighted by molar-refractivity contribution is 5.53. The molecule has 1 saturated heterocycles. The molecule has 0 amide bonds. The molecule has 5 heteroatoms. The SMILES string of the molecule is CC(Cn1cccn1)NCc1ccccc1N1CCOCC1. The average Bonchev–Trinajstić information content (AvgIpc) is 3.07. The number of morpholine rings is 1. The predicted octanol–water partition coefficient (Wildman–Crippen LogP) is 1.90. The quantitative estimate of drug-likeness (QED) is 0.885. The number of hydrogen-bond donors (Lipinski definition) is 1. The van der Waals surface area contributed by atoms with Crippen molar-refractivity contribution in [3.8, 4) is 0 Å². The van der Waals surface area contributed by atoms with Crippen LogP contribution in [0.15, 0.2) is 42.7 Å². The van der Waals surface area contributed by atoms with Crippen LogP contribution in [0.2, 0.25) is 0 Å². The summed E-state index contributed by atoms with van der Waals surface area (Å²) in [5.74, 6) is 0. The molecule has 0 spiro atoms. The van der Waals surface area contributed by atoms with Crippen LogP contribution in [0.3, 0.4) is 0 Å². The fourth-order valence-electron chi connectivity index (χ4n) is 2.81. The van der Waals surface area contributed by atoms with Crippen LogP contribution in [0, 0.1) is 0 Å². The van der Waals surface area contributed by atoms with Crippen molar-refractivity contribution in [2.45, 2.75) is 26.1 Å². The van der Waals surface area contributed by atoms with Crippen molar-refractivity contribution in [3.05, 3.63) is 48.3 Å². The van der Waals surface area contributed by atoms with Crippen LogP contribution < -0.4 is 10.2 Å². The molecule has 0 radical (unpaired) electrons. The minimum atomic E-state index is 0.373. The molecule has 0 saturated carbocycles. The third-order valence-electron chi connectivity index (χ3n) is 4.00. The van der Waals surface area contributed by atoms with Gasteiger partial charge in [0.1, 0.15) is 0 Å². The lowest BCUT2D eigenvalue weighted by molar-refractivity contribution is 0.122. The molecule has 1 aliphatic rings. The molecule has 2 aromatic rings. The van der Waals surface area contributed by atoms with Gasteiger partial charge in [0.2, 0.25) is 0 Å². The van der Waals surface area contributed by atoms with E-state index in [0.717, 1.165) is 39.4 Å². The second kappa shape index (κ2) is 7.42. The summed E-state index contributed by atoms with van der Waals surface area (Å²) in [5, 5.41) is 7.85. The van der Waals surface area contributed by atoms with E-state index >= 15 is 0 Å². The van der Waals surface area contributed by atoms with Gasteiger partial charge in [-0.2, -0.15) is 5.10 Å². The van der Waals surface area contributed by atoms with E-state index in [1.165, 1.54) is 11.3 Å². The standard InChI is InChI=1S/C17H24N4O/c1-15(14-21-8-4-7-19-21)18-13-16-5-2-3-6-17(16)20-9-11-22-12-10-20/h2-8,15,18H,9-14H2,1H3. The summed E-state index contributed by atoms with van der Waals surface area (Å²) in [6, 6.07) is 11.0. The molecular formula is C17H24N4O. The molecule has 0 bridgehead atoms. The molecular weight excluding hydrogens is 276 g/mol. The Labute approximate surface area is 131 Å². The van der Waals surface area contributed by atoms with E-state index < -0.39 is 0 Å². The molecule has 1 N–H and O–H groups in total. The van der Waals surface area contributed by atoms with Crippen molar-refractivity contribution in [1.82, 2.24) is 15.1 Å². The van der Waals surface area contributed by atoms with Crippen molar-refractivity contribution >= 4 is 5.69 Å². The Morgan fingerprint density at radius 3 is 2.82 bits per heavy atom. The summed E-state index contributed by atoms with van der Waals surface area (Å²) < 4.78 is 7.41. The van der Waals surface area contributed by atoms with E-state index in [1.54, 1.807) is 0 Å². The Bertz CT molecular complexity index is 564. The molecule has 118 valence electrons. The summed E-state index contributed by atoms with van der Waals surface area (Å²) in [6.07, 6.45) is 3.82. The third kappa shape index (κ3) is 3.87. The first-order valence-electron chi connectivity index (χ1n) is 7.94. The summed E-state index contributed by atoms with van der Waals surface area (Å²) in [7, 11) is 0. The van der Waals surface area contributed by atoms with Crippen molar-refractivity contribution in [3.63, 3.8) is 0 Å². The zero-order valence-electron chi connectivity index (χ0n) is 13.1. The number of hydrogen-bond acceptors (Lipinski definition) is 4. The molecule has 1 unspecified atom stereocenters. The highest BCUT2D eigenvalue weighted by Gasteiger charge is 2.14. The van der Waals surface area contributed by atoms with E-state index in [4.69, 9.17) is 4.74 Å². The Kier molecular flexibility index (Phi) is 5.08. The topological polar surface area (TPSA) is 42.3 Å². The lowest BCUT2D eigenvalue weighted by atomic mass is 10.1. The van der Waals surface area contributed by atoms with Gasteiger partial charge in [0.05, 0.1) is 19.8 Å². The largest absolute Gasteiger partial charge is 0.378 e. The Morgan fingerprint density at radius 1 is 1.23 bits per heavy atom. The zero-order chi connectivity index (χ0) is 15.2. The van der Waals surface area contributed by atoms with Crippen LogP contribution in [-0.2, 0) is 17.8 Å². The normalized spacial score (nSPS) is 16.7. The highest BCUT2D eigenvalue weighted by atomic mass is 16.5. The third-order valence-corrected chi connectivity index (χ3v) is 4.00. The predicted molar refractivity (Wildman–Crippen MR) is 88.0 cm³/mol. The highest BCUT2D eigenvalue weighted by Crippen LogP contribution is 2.21. The number of para-hydroxylation sites is 1. The minimum Gasteiger partial charge on any atom is -0.378 e. The monoisotopic (exact) mass is 300 g/mol. The molecule has 1 aromatic carbocycles. The maximum atomic E-state index is 5.45. The van der Waals surface area contributed by atoms with Gasteiger partial charge in [0.25, 0.3) is 0 Å². The lowest BCUT2D eigenvalue weighted by Crippen LogP contribution is -2.37. The molecule has 1 fully saturated rings. The average molecular weight is 300 g/mol. The fraction of sp³-hybridized carbons (Fsp3) is 0.471. The minimum absolute atomic E-state index is 0.373. The second-order valence-corrected chi connectivity index (χ2v) is 5.74. The molecule has 3 rings (SSSR count). The van der Waals surface area contributed by atoms with Gasteiger partial charge in [-0.25, -0.2) is 0 Å². The zero-order valence-corrected chi connectivity index (χ0v) is 13.1. The first-order valence-corrected chi connectivity index (χ1v) is 7.94. The number of nitrogens with one attached hydrogen (secondary N) is 1. The van der Waals surface area contributed by atoms with Crippen LogP contribution in [-0.4, -0.2) is 42.1 Å². The summed E-state index contributed by atoms with van der Waals surface area (Å²) in [4.78, 5) is 2.42. The molecule has 0 aliphatic carbocycles. The molecule has 2 heterocycles. The molecule has 1 aliphatic heterocycles. The summed E-state index contributed by atoms with van der Waals surface area (Å²) in [6.45, 7) is 7.52. The van der Waals surface area contributed by atoms with Gasteiger partial charge in [-0.3, -0.25) is 4.68 Å². The van der Waals surface area contributed by atoms with Gasteiger partial charge in [0, 0.05) is 43.8 Å². The van der Waals surface area contributed by atoms with Crippen molar-refractivity contribution in [2.75, 3.05) is 31.2 Å². The smallest absolute Gasteiger partial charge is 0.0642 e. The molecule has 1 atom stereocenters. The van der Waals surface area contributed by atoms with E-state index in [0.29, 0.717) is 6.04 Å². The Balaban J connectivity index is 1.59. The molecule has 5 nitrogen and oxygen atoms in total. The van der Waals surface area contributed by atoms with Crippen LogP contribution in [0.1, 0.15) is 12.5 Å². The van der Waals surface area contributed by atoms with Crippen molar-refractivity contribution in [2.24, 2.45) is 0 Å². The second-order valence-electron chi connectivity index (χ2n) is 5.74. The first-order chi connectivity index (χ1) is 10.8. The summed E-state index contributed by atoms with van der Waals surface area (Å²) >= 11 is 0. The molecule has 22 heavy (non-hydrogen) atoms. The van der Waals surface area contributed by atoms with Crippen LogP contribution in [0.4, 0.5) is 5.69 Å². The lowest BCUT2D eigenvalue weighted by Gasteiger charge is -2.31. The Hall–Kier alpha value is -1.85. The number of nitrogens with zero attached hydrogens (tertiary/aromatic N) is 3. The number of aromatic nitrogens is 2. The van der Waals surface area contributed by atoms with Gasteiger partial charge in [-0.05, 0) is 24.6 Å². The van der Waals surface area contributed by atoms with Gasteiger partial charge in [0.15, 0.2) is 0 Å². The van der Waals surface area contributed by atoms with E-state index in [2.05, 4.69) is 46.5 Å². The number of rotatable bonds is 6. The number of anilines is 1. The van der Waals surface area contributed by atoms with Crippen LogP contribution in [0.5, 0.6) is 0 Å². The molecule has 1 aromatic heterocycles. The van der Waals surface area contributed by atoms with Gasteiger partial charge in [-0.1, -0.05) is 18.2 Å². The van der Waals surface area contributed by atoms with Crippen molar-refractivity contribution in [1.29, 1.82) is 0 Å². The Morgan fingerprint density at radius 2 is 2.05 bits per heavy atom. The summed E-state index contributed by atoms with van der Waals surface area (Å²) in [5.41, 5.74) is 2.67. The van der Waals surface area contributed by atoms with E-state index in [1.807, 2.05) is 23.1 Å². The van der Waals surface area contributed by atoms with Gasteiger partial charge >= 0.3 is 0 Å². The van der Waals surface area contributed by atoms with Crippen LogP contribution in [0.25, 0.3) is 0 Å². The van der Waals surface area contributed by atoms with Crippen LogP contribution >= 0.6 is 0 Å². The number of benzene rings is 1.